The Morgan fingerprint density at radius 1 is 1.29 bits per heavy atom. The van der Waals surface area contributed by atoms with Crippen LogP contribution in [0.4, 0.5) is 11.4 Å². The van der Waals surface area contributed by atoms with E-state index in [0.717, 1.165) is 12.5 Å². The molecule has 116 valence electrons. The van der Waals surface area contributed by atoms with Crippen LogP contribution >= 0.6 is 0 Å². The minimum atomic E-state index is -3.73. The molecule has 0 saturated carbocycles. The molecule has 1 fully saturated rings. The molecule has 1 aromatic carbocycles. The van der Waals surface area contributed by atoms with Crippen LogP contribution in [0.3, 0.4) is 0 Å². The number of nitrogen functional groups attached to an aromatic ring is 1. The second-order valence-electron chi connectivity index (χ2n) is 5.75. The second-order valence-corrected chi connectivity index (χ2v) is 7.68. The number of hydrogen-bond donors (Lipinski definition) is 1. The minimum absolute atomic E-state index is 0.0423. The van der Waals surface area contributed by atoms with Crippen LogP contribution < -0.4 is 5.73 Å². The predicted molar refractivity (Wildman–Crippen MR) is 79.2 cm³/mol. The molecule has 2 unspecified atom stereocenters. The molecule has 1 heterocycles. The van der Waals surface area contributed by atoms with Gasteiger partial charge >= 0.3 is 0 Å². The molecule has 7 nitrogen and oxygen atoms in total. The third-order valence-electron chi connectivity index (χ3n) is 3.67. The molecule has 1 saturated heterocycles. The van der Waals surface area contributed by atoms with Gasteiger partial charge in [-0.15, -0.1) is 0 Å². The van der Waals surface area contributed by atoms with Crippen LogP contribution in [-0.4, -0.2) is 30.7 Å². The van der Waals surface area contributed by atoms with E-state index in [9.17, 15) is 18.5 Å². The average Bonchev–Trinajstić information content (AvgIpc) is 2.37. The summed E-state index contributed by atoms with van der Waals surface area (Å²) in [5.74, 6) is 0.541. The molecule has 0 aromatic heterocycles. The summed E-state index contributed by atoms with van der Waals surface area (Å²) in [5, 5.41) is 10.9. The number of piperidine rings is 1. The highest BCUT2D eigenvalue weighted by molar-refractivity contribution is 7.89. The van der Waals surface area contributed by atoms with Gasteiger partial charge in [0.05, 0.1) is 9.82 Å². The van der Waals surface area contributed by atoms with Gasteiger partial charge < -0.3 is 5.73 Å². The number of nitro groups is 1. The van der Waals surface area contributed by atoms with Gasteiger partial charge in [-0.25, -0.2) is 8.42 Å². The predicted octanol–water partition coefficient (Wildman–Crippen LogP) is 1.84. The first kappa shape index (κ1) is 15.7. The summed E-state index contributed by atoms with van der Waals surface area (Å²) >= 11 is 0. The van der Waals surface area contributed by atoms with Gasteiger partial charge in [0.15, 0.2) is 0 Å². The monoisotopic (exact) mass is 313 g/mol. The highest BCUT2D eigenvalue weighted by atomic mass is 32.2. The van der Waals surface area contributed by atoms with E-state index in [2.05, 4.69) is 0 Å². The van der Waals surface area contributed by atoms with Crippen LogP contribution in [0, 0.1) is 22.0 Å². The van der Waals surface area contributed by atoms with Crippen molar-refractivity contribution in [1.29, 1.82) is 0 Å². The Kier molecular flexibility index (Phi) is 4.20. The van der Waals surface area contributed by atoms with E-state index in [1.807, 2.05) is 13.8 Å². The Hall–Kier alpha value is -1.67. The first-order valence-electron chi connectivity index (χ1n) is 6.76. The molecule has 1 aliphatic heterocycles. The van der Waals surface area contributed by atoms with E-state index in [1.54, 1.807) is 0 Å². The highest BCUT2D eigenvalue weighted by Crippen LogP contribution is 2.30. The fourth-order valence-corrected chi connectivity index (χ4v) is 4.49. The van der Waals surface area contributed by atoms with Crippen LogP contribution in [0.1, 0.15) is 20.3 Å². The molecular weight excluding hydrogens is 294 g/mol. The van der Waals surface area contributed by atoms with E-state index in [0.29, 0.717) is 13.1 Å². The van der Waals surface area contributed by atoms with E-state index >= 15 is 0 Å². The Bertz CT molecular complexity index is 649. The van der Waals surface area contributed by atoms with Crippen molar-refractivity contribution in [3.63, 3.8) is 0 Å². The summed E-state index contributed by atoms with van der Waals surface area (Å²) in [4.78, 5) is 10.1. The first-order valence-corrected chi connectivity index (χ1v) is 8.20. The Morgan fingerprint density at radius 3 is 2.38 bits per heavy atom. The smallest absolute Gasteiger partial charge is 0.293 e. The summed E-state index contributed by atoms with van der Waals surface area (Å²) in [5.41, 5.74) is 5.08. The summed E-state index contributed by atoms with van der Waals surface area (Å²) in [6, 6.07) is 3.62. The molecule has 1 aliphatic rings. The quantitative estimate of drug-likeness (QED) is 0.520. The highest BCUT2D eigenvalue weighted by Gasteiger charge is 2.32. The molecule has 0 amide bonds. The third-order valence-corrected chi connectivity index (χ3v) is 5.50. The number of nitro benzene ring substituents is 1. The third kappa shape index (κ3) is 3.16. The Balaban J connectivity index is 2.40. The van der Waals surface area contributed by atoms with Crippen molar-refractivity contribution in [2.45, 2.75) is 25.2 Å². The van der Waals surface area contributed by atoms with Gasteiger partial charge in [-0.3, -0.25) is 10.1 Å². The van der Waals surface area contributed by atoms with Gasteiger partial charge in [-0.05, 0) is 30.4 Å². The van der Waals surface area contributed by atoms with Gasteiger partial charge in [0.1, 0.15) is 5.69 Å². The van der Waals surface area contributed by atoms with Crippen molar-refractivity contribution in [2.24, 2.45) is 11.8 Å². The number of nitrogens with zero attached hydrogens (tertiary/aromatic N) is 2. The summed E-state index contributed by atoms with van der Waals surface area (Å²) in [6.45, 7) is 4.88. The maximum absolute atomic E-state index is 12.6. The lowest BCUT2D eigenvalue weighted by atomic mass is 9.94. The van der Waals surface area contributed by atoms with Crippen molar-refractivity contribution in [1.82, 2.24) is 4.31 Å². The van der Waals surface area contributed by atoms with Crippen molar-refractivity contribution in [2.75, 3.05) is 18.8 Å². The lowest BCUT2D eigenvalue weighted by Crippen LogP contribution is -2.42. The molecule has 1 aromatic rings. The zero-order valence-electron chi connectivity index (χ0n) is 12.0. The lowest BCUT2D eigenvalue weighted by Gasteiger charge is -2.34. The van der Waals surface area contributed by atoms with Crippen molar-refractivity contribution < 1.29 is 13.3 Å². The van der Waals surface area contributed by atoms with E-state index in [-0.39, 0.29) is 28.1 Å². The molecule has 2 N–H and O–H groups in total. The molecule has 21 heavy (non-hydrogen) atoms. The number of benzene rings is 1. The molecule has 0 bridgehead atoms. The fourth-order valence-electron chi connectivity index (χ4n) is 2.79. The van der Waals surface area contributed by atoms with E-state index in [1.165, 1.54) is 16.4 Å². The maximum atomic E-state index is 12.6. The van der Waals surface area contributed by atoms with Crippen LogP contribution in [0.2, 0.25) is 0 Å². The molecule has 8 heteroatoms. The van der Waals surface area contributed by atoms with Gasteiger partial charge in [-0.2, -0.15) is 4.31 Å². The number of rotatable bonds is 3. The summed E-state index contributed by atoms with van der Waals surface area (Å²) in [6.07, 6.45) is 0.980. The zero-order valence-corrected chi connectivity index (χ0v) is 12.8. The average molecular weight is 313 g/mol. The molecule has 0 aliphatic carbocycles. The van der Waals surface area contributed by atoms with Crippen LogP contribution in [-0.2, 0) is 10.0 Å². The minimum Gasteiger partial charge on any atom is -0.393 e. The number of anilines is 1. The summed E-state index contributed by atoms with van der Waals surface area (Å²) in [7, 11) is -3.73. The summed E-state index contributed by atoms with van der Waals surface area (Å²) < 4.78 is 26.7. The number of sulfonamides is 1. The topological polar surface area (TPSA) is 107 Å². The number of hydrogen-bond acceptors (Lipinski definition) is 5. The Morgan fingerprint density at radius 2 is 1.86 bits per heavy atom. The number of nitrogens with two attached hydrogens (primary N) is 1. The standard InChI is InChI=1S/C13H19N3O4S/c1-9-5-10(2)8-15(7-9)21(19,20)11-3-4-12(14)13(6-11)16(17)18/h3-4,6,9-10H,5,7-8,14H2,1-2H3. The second kappa shape index (κ2) is 5.61. The van der Waals surface area contributed by atoms with Gasteiger partial charge in [-0.1, -0.05) is 13.8 Å². The van der Waals surface area contributed by atoms with Gasteiger partial charge in [0.2, 0.25) is 10.0 Å². The normalized spacial score (nSPS) is 23.9. The molecule has 2 rings (SSSR count). The molecule has 0 spiro atoms. The maximum Gasteiger partial charge on any atom is 0.293 e. The fraction of sp³-hybridized carbons (Fsp3) is 0.538. The largest absolute Gasteiger partial charge is 0.393 e. The van der Waals surface area contributed by atoms with Crippen LogP contribution in [0.15, 0.2) is 23.1 Å². The van der Waals surface area contributed by atoms with Crippen molar-refractivity contribution >= 4 is 21.4 Å². The van der Waals surface area contributed by atoms with E-state index < -0.39 is 14.9 Å². The first-order chi connectivity index (χ1) is 9.71. The van der Waals surface area contributed by atoms with Gasteiger partial charge in [0.25, 0.3) is 5.69 Å². The molecule has 0 radical (unpaired) electrons. The van der Waals surface area contributed by atoms with E-state index in [4.69, 9.17) is 5.73 Å². The zero-order chi connectivity index (χ0) is 15.8. The van der Waals surface area contributed by atoms with Gasteiger partial charge in [0, 0.05) is 19.2 Å². The Labute approximate surface area is 123 Å². The van der Waals surface area contributed by atoms with Crippen LogP contribution in [0.25, 0.3) is 0 Å². The van der Waals surface area contributed by atoms with Crippen molar-refractivity contribution in [3.05, 3.63) is 28.3 Å². The van der Waals surface area contributed by atoms with Crippen molar-refractivity contribution in [3.8, 4) is 0 Å². The molecule has 2 atom stereocenters. The SMILES string of the molecule is CC1CC(C)CN(S(=O)(=O)c2ccc(N)c([N+](=O)[O-])c2)C1. The lowest BCUT2D eigenvalue weighted by molar-refractivity contribution is -0.384. The van der Waals surface area contributed by atoms with Crippen LogP contribution in [0.5, 0.6) is 0 Å². The molecular formula is C13H19N3O4S.